The highest BCUT2D eigenvalue weighted by atomic mass is 16.6. The van der Waals surface area contributed by atoms with Gasteiger partial charge in [0.25, 0.3) is 0 Å². The molecular weight excluding hydrogens is 378 g/mol. The average Bonchev–Trinajstić information content (AvgIpc) is 3.10. The number of carbonyl (C=O) groups excluding carboxylic acids is 1. The number of hydrogen-bond donors (Lipinski definition) is 0. The van der Waals surface area contributed by atoms with Crippen LogP contribution in [0.2, 0.25) is 0 Å². The number of pyridine rings is 1. The minimum absolute atomic E-state index is 0.158. The second-order valence-electron chi connectivity index (χ2n) is 8.22. The van der Waals surface area contributed by atoms with Crippen LogP contribution in [0.25, 0.3) is 22.3 Å². The molecule has 1 aromatic carbocycles. The van der Waals surface area contributed by atoms with Crippen molar-refractivity contribution in [2.75, 3.05) is 0 Å². The summed E-state index contributed by atoms with van der Waals surface area (Å²) < 4.78 is 17.7. The first-order chi connectivity index (χ1) is 14.2. The fourth-order valence-electron chi connectivity index (χ4n) is 3.51. The Morgan fingerprint density at radius 1 is 1.27 bits per heavy atom. The summed E-state index contributed by atoms with van der Waals surface area (Å²) in [4.78, 5) is 16.3. The predicted molar refractivity (Wildman–Crippen MR) is 119 cm³/mol. The van der Waals surface area contributed by atoms with Gasteiger partial charge in [0.1, 0.15) is 22.7 Å². The number of fused-ring (bicyclic) bond motifs is 1. The molecule has 0 saturated carbocycles. The van der Waals surface area contributed by atoms with Crippen LogP contribution in [0.15, 0.2) is 59.2 Å². The first-order valence-electron chi connectivity index (χ1n) is 10.2. The third kappa shape index (κ3) is 5.09. The van der Waals surface area contributed by atoms with Crippen molar-refractivity contribution in [3.63, 3.8) is 0 Å². The Kier molecular flexibility index (Phi) is 6.30. The molecule has 0 aliphatic rings. The number of hydrogen-bond acceptors (Lipinski definition) is 5. The van der Waals surface area contributed by atoms with Crippen molar-refractivity contribution in [1.29, 1.82) is 0 Å². The summed E-state index contributed by atoms with van der Waals surface area (Å²) in [6.07, 6.45) is 3.02. The predicted octanol–water partition coefficient (Wildman–Crippen LogP) is 6.11. The van der Waals surface area contributed by atoms with Gasteiger partial charge in [-0.25, -0.2) is 4.79 Å². The lowest BCUT2D eigenvalue weighted by atomic mass is 10.0. The minimum Gasteiger partial charge on any atom is -0.490 e. The first kappa shape index (κ1) is 21.6. The number of nitrogens with zero attached hydrogens (tertiary/aromatic N) is 1. The van der Waals surface area contributed by atoms with Gasteiger partial charge in [0.05, 0.1) is 11.8 Å². The molecular formula is C25H29NO4. The molecule has 0 saturated heterocycles. The largest absolute Gasteiger partial charge is 0.490 e. The molecule has 1 unspecified atom stereocenters. The van der Waals surface area contributed by atoms with Crippen molar-refractivity contribution >= 4 is 16.9 Å². The van der Waals surface area contributed by atoms with E-state index < -0.39 is 11.6 Å². The Labute approximate surface area is 177 Å². The molecule has 0 fully saturated rings. The van der Waals surface area contributed by atoms with Crippen LogP contribution in [0.3, 0.4) is 0 Å². The summed E-state index contributed by atoms with van der Waals surface area (Å²) in [5.74, 6) is 1.12. The van der Waals surface area contributed by atoms with Crippen LogP contribution in [0, 0.1) is 0 Å². The molecule has 0 N–H and O–H groups in total. The highest BCUT2D eigenvalue weighted by Gasteiger charge is 2.27. The maximum atomic E-state index is 11.8. The zero-order valence-electron chi connectivity index (χ0n) is 18.3. The summed E-state index contributed by atoms with van der Waals surface area (Å²) in [6.45, 7) is 13.0. The highest BCUT2D eigenvalue weighted by molar-refractivity contribution is 5.87. The average molecular weight is 408 g/mol. The maximum Gasteiger partial charge on any atom is 0.333 e. The molecule has 30 heavy (non-hydrogen) atoms. The molecule has 0 amide bonds. The van der Waals surface area contributed by atoms with E-state index in [2.05, 4.69) is 18.5 Å². The van der Waals surface area contributed by atoms with Crippen LogP contribution in [0.1, 0.15) is 46.7 Å². The molecule has 5 nitrogen and oxygen atoms in total. The number of ether oxygens (including phenoxy) is 2. The normalized spacial score (nSPS) is 12.6. The lowest BCUT2D eigenvalue weighted by Gasteiger charge is -2.28. The molecule has 3 aromatic rings. The van der Waals surface area contributed by atoms with Crippen LogP contribution in [0.4, 0.5) is 0 Å². The topological polar surface area (TPSA) is 61.6 Å². The van der Waals surface area contributed by atoms with Gasteiger partial charge in [-0.15, -0.1) is 0 Å². The van der Waals surface area contributed by atoms with Crippen molar-refractivity contribution in [2.24, 2.45) is 0 Å². The number of aryl methyl sites for hydroxylation is 1. The summed E-state index contributed by atoms with van der Waals surface area (Å²) in [6, 6.07) is 11.8. The Bertz CT molecular complexity index is 1060. The van der Waals surface area contributed by atoms with E-state index >= 15 is 0 Å². The SMILES string of the molecule is C=C(C)C(=O)OC(C)(C)CC(C)Oc1ccc2cc(-c3cccnc3CC)oc2c1. The molecule has 2 heterocycles. The van der Waals surface area contributed by atoms with E-state index in [0.717, 1.165) is 34.4 Å². The maximum absolute atomic E-state index is 11.8. The molecule has 1 atom stereocenters. The smallest absolute Gasteiger partial charge is 0.333 e. The second-order valence-corrected chi connectivity index (χ2v) is 8.22. The number of carbonyl (C=O) groups is 1. The van der Waals surface area contributed by atoms with Gasteiger partial charge in [0, 0.05) is 35.2 Å². The molecule has 0 radical (unpaired) electrons. The molecule has 0 bridgehead atoms. The van der Waals surface area contributed by atoms with Gasteiger partial charge < -0.3 is 13.9 Å². The molecule has 158 valence electrons. The fraction of sp³-hybridized carbons (Fsp3) is 0.360. The summed E-state index contributed by atoms with van der Waals surface area (Å²) >= 11 is 0. The van der Waals surface area contributed by atoms with E-state index in [1.54, 1.807) is 13.1 Å². The van der Waals surface area contributed by atoms with Crippen LogP contribution in [-0.4, -0.2) is 22.7 Å². The van der Waals surface area contributed by atoms with Crippen molar-refractivity contribution in [1.82, 2.24) is 4.98 Å². The molecule has 2 aromatic heterocycles. The minimum atomic E-state index is -0.658. The van der Waals surface area contributed by atoms with E-state index in [-0.39, 0.29) is 6.10 Å². The van der Waals surface area contributed by atoms with E-state index in [9.17, 15) is 4.79 Å². The van der Waals surface area contributed by atoms with Crippen LogP contribution >= 0.6 is 0 Å². The van der Waals surface area contributed by atoms with E-state index in [0.29, 0.717) is 17.7 Å². The van der Waals surface area contributed by atoms with Crippen LogP contribution in [-0.2, 0) is 16.0 Å². The molecule has 0 aliphatic heterocycles. The summed E-state index contributed by atoms with van der Waals surface area (Å²) in [7, 11) is 0. The monoisotopic (exact) mass is 407 g/mol. The van der Waals surface area contributed by atoms with Gasteiger partial charge in [0.15, 0.2) is 0 Å². The van der Waals surface area contributed by atoms with Crippen LogP contribution < -0.4 is 4.74 Å². The van der Waals surface area contributed by atoms with Crippen molar-refractivity contribution in [3.05, 3.63) is 60.4 Å². The number of furan rings is 1. The quantitative estimate of drug-likeness (QED) is 0.333. The Hall–Kier alpha value is -3.08. The van der Waals surface area contributed by atoms with E-state index in [1.807, 2.05) is 57.2 Å². The van der Waals surface area contributed by atoms with Gasteiger partial charge in [-0.1, -0.05) is 13.5 Å². The number of rotatable bonds is 8. The Morgan fingerprint density at radius 2 is 2.03 bits per heavy atom. The number of esters is 1. The van der Waals surface area contributed by atoms with Gasteiger partial charge in [0.2, 0.25) is 0 Å². The fourth-order valence-corrected chi connectivity index (χ4v) is 3.51. The molecule has 3 rings (SSSR count). The summed E-state index contributed by atoms with van der Waals surface area (Å²) in [5, 5.41) is 1.01. The van der Waals surface area contributed by atoms with E-state index in [4.69, 9.17) is 13.9 Å². The van der Waals surface area contributed by atoms with Gasteiger partial charge >= 0.3 is 5.97 Å². The highest BCUT2D eigenvalue weighted by Crippen LogP contribution is 2.32. The second kappa shape index (κ2) is 8.74. The first-order valence-corrected chi connectivity index (χ1v) is 10.2. The third-order valence-corrected chi connectivity index (χ3v) is 4.82. The standard InChI is InChI=1S/C25H29NO4/c1-7-21-20(9-8-12-26-21)23-13-18-10-11-19(14-22(18)29-23)28-17(4)15-25(5,6)30-24(27)16(2)3/h8-14,17H,2,7,15H2,1,3-6H3. The number of aromatic nitrogens is 1. The zero-order valence-corrected chi connectivity index (χ0v) is 18.3. The molecule has 0 spiro atoms. The Balaban J connectivity index is 1.74. The molecule has 0 aliphatic carbocycles. The van der Waals surface area contributed by atoms with Gasteiger partial charge in [-0.2, -0.15) is 0 Å². The number of benzene rings is 1. The third-order valence-electron chi connectivity index (χ3n) is 4.82. The van der Waals surface area contributed by atoms with Crippen LogP contribution in [0.5, 0.6) is 5.75 Å². The lowest BCUT2D eigenvalue weighted by Crippen LogP contribution is -2.33. The van der Waals surface area contributed by atoms with Crippen molar-refractivity contribution in [2.45, 2.75) is 59.2 Å². The lowest BCUT2D eigenvalue weighted by molar-refractivity contribution is -0.153. The van der Waals surface area contributed by atoms with Gasteiger partial charge in [-0.05, 0) is 64.4 Å². The Morgan fingerprint density at radius 3 is 2.73 bits per heavy atom. The molecule has 5 heteroatoms. The van der Waals surface area contributed by atoms with Crippen molar-refractivity contribution in [3.8, 4) is 17.1 Å². The summed E-state index contributed by atoms with van der Waals surface area (Å²) in [5.41, 5.74) is 2.50. The zero-order chi connectivity index (χ0) is 21.9. The van der Waals surface area contributed by atoms with Crippen molar-refractivity contribution < 1.29 is 18.7 Å². The van der Waals surface area contributed by atoms with Gasteiger partial charge in [-0.3, -0.25) is 4.98 Å². The van der Waals surface area contributed by atoms with E-state index in [1.165, 1.54) is 0 Å².